The highest BCUT2D eigenvalue weighted by Crippen LogP contribution is 2.49. The zero-order chi connectivity index (χ0) is 17.0. The molecule has 0 fully saturated rings. The largest absolute Gasteiger partial charge is 0.346 e. The lowest BCUT2D eigenvalue weighted by Crippen LogP contribution is -2.22. The van der Waals surface area contributed by atoms with E-state index in [-0.39, 0.29) is 0 Å². The Balaban J connectivity index is 2.18. The van der Waals surface area contributed by atoms with Gasteiger partial charge in [0, 0.05) is 0 Å². The van der Waals surface area contributed by atoms with Gasteiger partial charge in [0.2, 0.25) is 0 Å². The van der Waals surface area contributed by atoms with Crippen molar-refractivity contribution in [2.24, 2.45) is 0 Å². The van der Waals surface area contributed by atoms with Crippen LogP contribution in [0.25, 0.3) is 0 Å². The van der Waals surface area contributed by atoms with Gasteiger partial charge in [-0.15, -0.1) is 0 Å². The number of hydrogen-bond donors (Lipinski definition) is 3. The van der Waals surface area contributed by atoms with E-state index in [1.165, 1.54) is 44.9 Å². The van der Waals surface area contributed by atoms with E-state index in [2.05, 4.69) is 12.2 Å². The fourth-order valence-electron chi connectivity index (χ4n) is 2.74. The van der Waals surface area contributed by atoms with Gasteiger partial charge in [-0.3, -0.25) is 9.88 Å². The average Bonchev–Trinajstić information content (AvgIpc) is 2.52. The minimum Gasteiger partial charge on any atom is -0.323 e. The Kier molecular flexibility index (Phi) is 10.5. The van der Waals surface area contributed by atoms with Gasteiger partial charge in [-0.1, -0.05) is 88.6 Å². The van der Waals surface area contributed by atoms with Gasteiger partial charge < -0.3 is 9.79 Å². The van der Waals surface area contributed by atoms with E-state index >= 15 is 0 Å². The van der Waals surface area contributed by atoms with Gasteiger partial charge in [-0.25, -0.2) is 0 Å². The van der Waals surface area contributed by atoms with E-state index in [0.717, 1.165) is 12.8 Å². The minimum absolute atomic E-state index is 0.639. The molecule has 0 aromatic heterocycles. The molecule has 0 aliphatic heterocycles. The molecule has 1 atom stereocenters. The molecule has 3 N–H and O–H groups in total. The van der Waals surface area contributed by atoms with Gasteiger partial charge in [-0.2, -0.15) is 0 Å². The van der Waals surface area contributed by atoms with Gasteiger partial charge >= 0.3 is 7.60 Å². The van der Waals surface area contributed by atoms with Gasteiger partial charge in [0.25, 0.3) is 0 Å². The van der Waals surface area contributed by atoms with E-state index < -0.39 is 13.4 Å². The van der Waals surface area contributed by atoms with Crippen molar-refractivity contribution in [2.45, 2.75) is 70.5 Å². The molecule has 5 heteroatoms. The summed E-state index contributed by atoms with van der Waals surface area (Å²) in [7, 11) is -4.19. The van der Waals surface area contributed by atoms with E-state index in [9.17, 15) is 14.4 Å². The Hall–Kier alpha value is -0.670. The molecular weight excluding hydrogens is 309 g/mol. The van der Waals surface area contributed by atoms with Crippen molar-refractivity contribution in [1.29, 1.82) is 0 Å². The lowest BCUT2D eigenvalue weighted by Gasteiger charge is -2.20. The summed E-state index contributed by atoms with van der Waals surface area (Å²) in [5.74, 6) is -0.891. The van der Waals surface area contributed by atoms with Crippen LogP contribution in [0.2, 0.25) is 0 Å². The van der Waals surface area contributed by atoms with Crippen molar-refractivity contribution < 1.29 is 14.4 Å². The molecule has 0 aliphatic carbocycles. The zero-order valence-electron chi connectivity index (χ0n) is 14.3. The van der Waals surface area contributed by atoms with Gasteiger partial charge in [0.15, 0.2) is 0 Å². The minimum atomic E-state index is -4.19. The first-order valence-corrected chi connectivity index (χ1v) is 10.6. The third-order valence-corrected chi connectivity index (χ3v) is 5.22. The van der Waals surface area contributed by atoms with Crippen LogP contribution in [0.5, 0.6) is 0 Å². The van der Waals surface area contributed by atoms with Crippen molar-refractivity contribution in [3.8, 4) is 0 Å². The fourth-order valence-corrected chi connectivity index (χ4v) is 3.67. The normalized spacial score (nSPS) is 13.2. The Labute approximate surface area is 140 Å². The molecule has 0 amide bonds. The molecule has 0 saturated heterocycles. The summed E-state index contributed by atoms with van der Waals surface area (Å²) < 4.78 is 11.7. The Morgan fingerprint density at radius 2 is 1.43 bits per heavy atom. The van der Waals surface area contributed by atoms with Crippen molar-refractivity contribution in [3.05, 3.63) is 35.9 Å². The maximum atomic E-state index is 11.7. The molecule has 1 aromatic carbocycles. The lowest BCUT2D eigenvalue weighted by atomic mass is 10.1. The van der Waals surface area contributed by atoms with Gasteiger partial charge in [0.05, 0.1) is 0 Å². The number of unbranched alkanes of at least 4 members (excludes halogenated alkanes) is 8. The summed E-state index contributed by atoms with van der Waals surface area (Å²) in [6.07, 6.45) is 11.2. The van der Waals surface area contributed by atoms with Crippen LogP contribution >= 0.6 is 7.60 Å². The highest BCUT2D eigenvalue weighted by Gasteiger charge is 2.29. The van der Waals surface area contributed by atoms with E-state index in [0.29, 0.717) is 12.1 Å². The highest BCUT2D eigenvalue weighted by molar-refractivity contribution is 7.52. The third kappa shape index (κ3) is 9.26. The predicted octanol–water partition coefficient (Wildman–Crippen LogP) is 4.98. The van der Waals surface area contributed by atoms with Crippen LogP contribution in [0.1, 0.15) is 76.1 Å². The average molecular weight is 341 g/mol. The maximum absolute atomic E-state index is 11.7. The van der Waals surface area contributed by atoms with Crippen LogP contribution in [-0.2, 0) is 4.57 Å². The van der Waals surface area contributed by atoms with Gasteiger partial charge in [-0.05, 0) is 18.5 Å². The molecule has 0 bridgehead atoms. The Morgan fingerprint density at radius 1 is 0.913 bits per heavy atom. The molecule has 1 rings (SSSR count). The molecule has 0 aliphatic rings. The van der Waals surface area contributed by atoms with Crippen LogP contribution in [0, 0.1) is 0 Å². The molecule has 132 valence electrons. The van der Waals surface area contributed by atoms with Crippen LogP contribution in [0.15, 0.2) is 30.3 Å². The third-order valence-electron chi connectivity index (χ3n) is 4.07. The first-order valence-electron chi connectivity index (χ1n) is 8.89. The van der Waals surface area contributed by atoms with E-state index in [1.807, 2.05) is 6.07 Å². The molecule has 1 aromatic rings. The monoisotopic (exact) mass is 341 g/mol. The quantitative estimate of drug-likeness (QED) is 0.349. The molecule has 0 heterocycles. The molecule has 0 radical (unpaired) electrons. The number of benzene rings is 1. The maximum Gasteiger partial charge on any atom is 0.346 e. The summed E-state index contributed by atoms with van der Waals surface area (Å²) >= 11 is 0. The molecule has 4 nitrogen and oxygen atoms in total. The summed E-state index contributed by atoms with van der Waals surface area (Å²) in [5, 5.41) is 3.03. The molecule has 23 heavy (non-hydrogen) atoms. The molecule has 0 spiro atoms. The SMILES string of the molecule is CCCCCCCCCCCNC(c1ccccc1)P(=O)(O)O. The zero-order valence-corrected chi connectivity index (χ0v) is 15.2. The Bertz CT molecular complexity index is 447. The smallest absolute Gasteiger partial charge is 0.323 e. The first-order chi connectivity index (χ1) is 11.1. The van der Waals surface area contributed by atoms with Crippen molar-refractivity contribution in [2.75, 3.05) is 6.54 Å². The van der Waals surface area contributed by atoms with Gasteiger partial charge in [0.1, 0.15) is 5.78 Å². The first kappa shape index (κ1) is 20.4. The second-order valence-electron chi connectivity index (χ2n) is 6.18. The second-order valence-corrected chi connectivity index (χ2v) is 7.88. The number of hydrogen-bond acceptors (Lipinski definition) is 2. The lowest BCUT2D eigenvalue weighted by molar-refractivity contribution is 0.347. The predicted molar refractivity (Wildman–Crippen MR) is 96.5 cm³/mol. The topological polar surface area (TPSA) is 69.6 Å². The summed E-state index contributed by atoms with van der Waals surface area (Å²) in [4.78, 5) is 19.0. The van der Waals surface area contributed by atoms with Crippen molar-refractivity contribution in [3.63, 3.8) is 0 Å². The van der Waals surface area contributed by atoms with Crippen LogP contribution < -0.4 is 5.32 Å². The summed E-state index contributed by atoms with van der Waals surface area (Å²) in [5.41, 5.74) is 0.650. The van der Waals surface area contributed by atoms with Crippen LogP contribution in [0.3, 0.4) is 0 Å². The van der Waals surface area contributed by atoms with Crippen LogP contribution in [-0.4, -0.2) is 16.3 Å². The van der Waals surface area contributed by atoms with Crippen molar-refractivity contribution in [1.82, 2.24) is 5.32 Å². The number of nitrogens with one attached hydrogen (secondary N) is 1. The van der Waals surface area contributed by atoms with E-state index in [1.54, 1.807) is 24.3 Å². The summed E-state index contributed by atoms with van der Waals surface area (Å²) in [6.45, 7) is 2.87. The van der Waals surface area contributed by atoms with Crippen molar-refractivity contribution >= 4 is 7.60 Å². The molecule has 1 unspecified atom stereocenters. The molecular formula is C18H32NO3P. The second kappa shape index (κ2) is 11.8. The van der Waals surface area contributed by atoms with E-state index in [4.69, 9.17) is 0 Å². The Morgan fingerprint density at radius 3 is 1.96 bits per heavy atom. The highest BCUT2D eigenvalue weighted by atomic mass is 31.2. The number of rotatable bonds is 13. The fraction of sp³-hybridized carbons (Fsp3) is 0.667. The standard InChI is InChI=1S/C18H32NO3P/c1-2-3-4-5-6-7-8-9-13-16-19-18(23(20,21)22)17-14-11-10-12-15-17/h10-12,14-15,18-19H,2-9,13,16H2,1H3,(H2,20,21,22). The summed E-state index contributed by atoms with van der Waals surface area (Å²) in [6, 6.07) is 8.97. The van der Waals surface area contributed by atoms with Crippen LogP contribution in [0.4, 0.5) is 0 Å². The molecule has 0 saturated carbocycles.